The molecule has 1 saturated heterocycles. The first kappa shape index (κ1) is 22.3. The van der Waals surface area contributed by atoms with Gasteiger partial charge in [0, 0.05) is 25.2 Å². The summed E-state index contributed by atoms with van der Waals surface area (Å²) in [5.41, 5.74) is 2.40. The Labute approximate surface area is 178 Å². The van der Waals surface area contributed by atoms with Gasteiger partial charge in [-0.05, 0) is 48.4 Å². The number of nitrogens with zero attached hydrogens (tertiary/aromatic N) is 1. The van der Waals surface area contributed by atoms with Crippen LogP contribution in [0.3, 0.4) is 0 Å². The number of rotatable bonds is 8. The molecule has 1 heterocycles. The van der Waals surface area contributed by atoms with E-state index in [2.05, 4.69) is 21.3 Å². The van der Waals surface area contributed by atoms with E-state index in [0.29, 0.717) is 18.7 Å². The number of carbonyl (C=O) groups is 1. The zero-order valence-corrected chi connectivity index (χ0v) is 18.2. The van der Waals surface area contributed by atoms with Crippen LogP contribution < -0.4 is 4.72 Å². The Bertz CT molecular complexity index is 942. The Morgan fingerprint density at radius 2 is 1.87 bits per heavy atom. The monoisotopic (exact) mass is 432 g/mol. The smallest absolute Gasteiger partial charge is 0.305 e. The van der Waals surface area contributed by atoms with Crippen LogP contribution in [0.25, 0.3) is 0 Å². The van der Waals surface area contributed by atoms with Gasteiger partial charge in [0.05, 0.1) is 24.7 Å². The molecule has 0 bridgehead atoms. The predicted octanol–water partition coefficient (Wildman–Crippen LogP) is 2.99. The molecule has 0 amide bonds. The maximum atomic E-state index is 12.7. The second-order valence-electron chi connectivity index (χ2n) is 7.20. The lowest BCUT2D eigenvalue weighted by atomic mass is 10.1. The van der Waals surface area contributed by atoms with Crippen LogP contribution in [0.1, 0.15) is 30.6 Å². The van der Waals surface area contributed by atoms with Crippen molar-refractivity contribution in [2.24, 2.45) is 0 Å². The Balaban J connectivity index is 1.63. The van der Waals surface area contributed by atoms with Gasteiger partial charge in [-0.2, -0.15) is 0 Å². The van der Waals surface area contributed by atoms with E-state index >= 15 is 0 Å². The van der Waals surface area contributed by atoms with Gasteiger partial charge in [-0.15, -0.1) is 0 Å². The summed E-state index contributed by atoms with van der Waals surface area (Å²) in [4.78, 5) is 13.7. The Hall–Kier alpha value is -2.42. The summed E-state index contributed by atoms with van der Waals surface area (Å²) in [6.45, 7) is 5.59. The molecule has 0 saturated carbocycles. The Morgan fingerprint density at radius 1 is 1.17 bits per heavy atom. The zero-order valence-electron chi connectivity index (χ0n) is 17.3. The van der Waals surface area contributed by atoms with Crippen LogP contribution in [0, 0.1) is 0 Å². The standard InChI is InChI=1S/C22H28N2O5S/c1-3-24-14-15-29-21(16-24)18-7-9-19(10-8-18)23-30(26,27)20-11-4-17(5-12-20)6-13-22(25)28-2/h4-5,7-12,21,23H,3,6,13-16H2,1-2H3. The molecule has 1 N–H and O–H groups in total. The van der Waals surface area contributed by atoms with Crippen molar-refractivity contribution in [3.8, 4) is 0 Å². The summed E-state index contributed by atoms with van der Waals surface area (Å²) in [7, 11) is -2.35. The van der Waals surface area contributed by atoms with E-state index in [0.717, 1.165) is 30.8 Å². The minimum atomic E-state index is -3.70. The molecule has 162 valence electrons. The number of hydrogen-bond donors (Lipinski definition) is 1. The predicted molar refractivity (Wildman–Crippen MR) is 115 cm³/mol. The molecule has 2 aromatic rings. The molecule has 1 aliphatic heterocycles. The van der Waals surface area contributed by atoms with Crippen LogP contribution in [0.5, 0.6) is 0 Å². The van der Waals surface area contributed by atoms with Gasteiger partial charge in [-0.3, -0.25) is 14.4 Å². The van der Waals surface area contributed by atoms with Crippen LogP contribution >= 0.6 is 0 Å². The molecule has 0 aliphatic carbocycles. The minimum Gasteiger partial charge on any atom is -0.469 e. The fraction of sp³-hybridized carbons (Fsp3) is 0.409. The quantitative estimate of drug-likeness (QED) is 0.646. The van der Waals surface area contributed by atoms with E-state index in [-0.39, 0.29) is 23.4 Å². The highest BCUT2D eigenvalue weighted by molar-refractivity contribution is 7.92. The molecule has 0 spiro atoms. The third kappa shape index (κ3) is 5.81. The third-order valence-electron chi connectivity index (χ3n) is 5.21. The molecule has 1 unspecified atom stereocenters. The number of carbonyl (C=O) groups excluding carboxylic acids is 1. The summed E-state index contributed by atoms with van der Waals surface area (Å²) >= 11 is 0. The number of aryl methyl sites for hydroxylation is 1. The summed E-state index contributed by atoms with van der Waals surface area (Å²) in [5.74, 6) is -0.294. The third-order valence-corrected chi connectivity index (χ3v) is 6.61. The molecular weight excluding hydrogens is 404 g/mol. The van der Waals surface area contributed by atoms with Gasteiger partial charge in [-0.1, -0.05) is 31.2 Å². The number of esters is 1. The number of morpholine rings is 1. The van der Waals surface area contributed by atoms with Gasteiger partial charge in [-0.25, -0.2) is 8.42 Å². The van der Waals surface area contributed by atoms with E-state index < -0.39 is 10.0 Å². The van der Waals surface area contributed by atoms with Gasteiger partial charge in [0.25, 0.3) is 10.0 Å². The number of ether oxygens (including phenoxy) is 2. The first-order valence-corrected chi connectivity index (χ1v) is 11.5. The number of sulfonamides is 1. The topological polar surface area (TPSA) is 84.9 Å². The summed E-state index contributed by atoms with van der Waals surface area (Å²) in [5, 5.41) is 0. The van der Waals surface area contributed by atoms with Crippen molar-refractivity contribution in [1.29, 1.82) is 0 Å². The lowest BCUT2D eigenvalue weighted by Crippen LogP contribution is -2.38. The highest BCUT2D eigenvalue weighted by Crippen LogP contribution is 2.24. The molecule has 0 radical (unpaired) electrons. The van der Waals surface area contributed by atoms with Crippen molar-refractivity contribution in [3.63, 3.8) is 0 Å². The molecular formula is C22H28N2O5S. The maximum Gasteiger partial charge on any atom is 0.305 e. The van der Waals surface area contributed by atoms with Crippen molar-refractivity contribution < 1.29 is 22.7 Å². The average Bonchev–Trinajstić information content (AvgIpc) is 2.78. The van der Waals surface area contributed by atoms with Crippen LogP contribution in [0.15, 0.2) is 53.4 Å². The number of anilines is 1. The van der Waals surface area contributed by atoms with Crippen molar-refractivity contribution in [2.75, 3.05) is 38.1 Å². The van der Waals surface area contributed by atoms with E-state index in [4.69, 9.17) is 4.74 Å². The first-order valence-electron chi connectivity index (χ1n) is 10.0. The van der Waals surface area contributed by atoms with E-state index in [1.54, 1.807) is 36.4 Å². The van der Waals surface area contributed by atoms with Crippen molar-refractivity contribution >= 4 is 21.7 Å². The van der Waals surface area contributed by atoms with Gasteiger partial charge in [0.2, 0.25) is 0 Å². The Kier molecular flexibility index (Phi) is 7.47. The fourth-order valence-corrected chi connectivity index (χ4v) is 4.41. The average molecular weight is 433 g/mol. The molecule has 1 fully saturated rings. The molecule has 2 aromatic carbocycles. The molecule has 3 rings (SSSR count). The van der Waals surface area contributed by atoms with Crippen LogP contribution in [-0.4, -0.2) is 52.6 Å². The highest BCUT2D eigenvalue weighted by atomic mass is 32.2. The first-order chi connectivity index (χ1) is 14.4. The van der Waals surface area contributed by atoms with Gasteiger partial charge in [0.15, 0.2) is 0 Å². The van der Waals surface area contributed by atoms with Gasteiger partial charge in [0.1, 0.15) is 0 Å². The molecule has 30 heavy (non-hydrogen) atoms. The summed E-state index contributed by atoms with van der Waals surface area (Å²) in [6.07, 6.45) is 0.760. The largest absolute Gasteiger partial charge is 0.469 e. The van der Waals surface area contributed by atoms with Crippen molar-refractivity contribution in [1.82, 2.24) is 4.90 Å². The molecule has 8 heteroatoms. The molecule has 7 nitrogen and oxygen atoms in total. The molecule has 1 aliphatic rings. The lowest BCUT2D eigenvalue weighted by molar-refractivity contribution is -0.140. The van der Waals surface area contributed by atoms with Crippen LogP contribution in [0.2, 0.25) is 0 Å². The van der Waals surface area contributed by atoms with Crippen LogP contribution in [-0.2, 0) is 30.7 Å². The summed E-state index contributed by atoms with van der Waals surface area (Å²) < 4.78 is 38.4. The number of nitrogens with one attached hydrogen (secondary N) is 1. The van der Waals surface area contributed by atoms with E-state index in [9.17, 15) is 13.2 Å². The number of hydrogen-bond acceptors (Lipinski definition) is 6. The Morgan fingerprint density at radius 3 is 2.50 bits per heavy atom. The van der Waals surface area contributed by atoms with Gasteiger partial charge >= 0.3 is 5.97 Å². The normalized spacial score (nSPS) is 17.5. The molecule has 0 aromatic heterocycles. The number of benzene rings is 2. The SMILES string of the molecule is CCN1CCOC(c2ccc(NS(=O)(=O)c3ccc(CCC(=O)OC)cc3)cc2)C1. The number of likely N-dealkylation sites (N-methyl/N-ethyl adjacent to an activating group) is 1. The van der Waals surface area contributed by atoms with Gasteiger partial charge < -0.3 is 9.47 Å². The second kappa shape index (κ2) is 10.1. The number of methoxy groups -OCH3 is 1. The second-order valence-corrected chi connectivity index (χ2v) is 8.88. The van der Waals surface area contributed by atoms with Crippen molar-refractivity contribution in [3.05, 3.63) is 59.7 Å². The minimum absolute atomic E-state index is 0.00175. The highest BCUT2D eigenvalue weighted by Gasteiger charge is 2.21. The van der Waals surface area contributed by atoms with E-state index in [1.807, 2.05) is 12.1 Å². The summed E-state index contributed by atoms with van der Waals surface area (Å²) in [6, 6.07) is 13.8. The van der Waals surface area contributed by atoms with E-state index in [1.165, 1.54) is 7.11 Å². The lowest BCUT2D eigenvalue weighted by Gasteiger charge is -2.32. The maximum absolute atomic E-state index is 12.7. The zero-order chi connectivity index (χ0) is 21.6. The fourth-order valence-electron chi connectivity index (χ4n) is 3.36. The molecule has 1 atom stereocenters. The van der Waals surface area contributed by atoms with Crippen molar-refractivity contribution in [2.45, 2.75) is 30.8 Å². The van der Waals surface area contributed by atoms with Crippen LogP contribution in [0.4, 0.5) is 5.69 Å².